The number of rotatable bonds is 2. The lowest BCUT2D eigenvalue weighted by Gasteiger charge is -2.06. The van der Waals surface area contributed by atoms with Crippen LogP contribution in [0.2, 0.25) is 0 Å². The Hall–Kier alpha value is -1.90. The van der Waals surface area contributed by atoms with Gasteiger partial charge in [0.2, 0.25) is 0 Å². The Bertz CT molecular complexity index is 500. The highest BCUT2D eigenvalue weighted by Gasteiger charge is 2.11. The quantitative estimate of drug-likeness (QED) is 0.696. The summed E-state index contributed by atoms with van der Waals surface area (Å²) in [6, 6.07) is 7.97. The minimum absolute atomic E-state index is 0.631. The first-order chi connectivity index (χ1) is 7.24. The molecule has 0 spiro atoms. The molecular weight excluding hydrogens is 188 g/mol. The third-order valence-corrected chi connectivity index (χ3v) is 2.49. The molecule has 0 aliphatic carbocycles. The van der Waals surface area contributed by atoms with Gasteiger partial charge in [-0.05, 0) is 12.5 Å². The number of hydrogen-bond acceptors (Lipinski definition) is 2. The Morgan fingerprint density at radius 3 is 2.73 bits per heavy atom. The summed E-state index contributed by atoms with van der Waals surface area (Å²) >= 11 is 0. The lowest BCUT2D eigenvalue weighted by molar-refractivity contribution is 0.112. The van der Waals surface area contributed by atoms with Crippen molar-refractivity contribution in [3.8, 4) is 11.3 Å². The molecule has 0 saturated heterocycles. The summed E-state index contributed by atoms with van der Waals surface area (Å²) in [6.07, 6.45) is 2.43. The van der Waals surface area contributed by atoms with Gasteiger partial charge in [-0.2, -0.15) is 5.10 Å². The topological polar surface area (TPSA) is 34.9 Å². The van der Waals surface area contributed by atoms with Gasteiger partial charge in [0.1, 0.15) is 0 Å². The largest absolute Gasteiger partial charge is 0.298 e. The van der Waals surface area contributed by atoms with E-state index in [1.54, 1.807) is 10.9 Å². The molecule has 0 saturated carbocycles. The molecule has 0 radical (unpaired) electrons. The van der Waals surface area contributed by atoms with Crippen LogP contribution < -0.4 is 0 Å². The number of nitrogens with zero attached hydrogens (tertiary/aromatic N) is 2. The van der Waals surface area contributed by atoms with Crippen LogP contribution in [0.3, 0.4) is 0 Å². The van der Waals surface area contributed by atoms with E-state index in [-0.39, 0.29) is 0 Å². The molecule has 0 amide bonds. The second kappa shape index (κ2) is 3.69. The molecule has 0 N–H and O–H groups in total. The molecule has 1 aromatic heterocycles. The van der Waals surface area contributed by atoms with Gasteiger partial charge in [0.15, 0.2) is 6.29 Å². The highest BCUT2D eigenvalue weighted by Crippen LogP contribution is 2.24. The molecule has 1 aromatic carbocycles. The van der Waals surface area contributed by atoms with Gasteiger partial charge in [-0.3, -0.25) is 9.48 Å². The molecule has 0 bridgehead atoms. The maximum absolute atomic E-state index is 10.9. The molecule has 3 heteroatoms. The molecule has 0 aliphatic heterocycles. The highest BCUT2D eigenvalue weighted by atomic mass is 16.1. The Morgan fingerprint density at radius 1 is 1.33 bits per heavy atom. The predicted octanol–water partition coefficient (Wildman–Crippen LogP) is 2.21. The van der Waals surface area contributed by atoms with Crippen molar-refractivity contribution in [2.75, 3.05) is 0 Å². The van der Waals surface area contributed by atoms with Crippen LogP contribution in [0.15, 0.2) is 30.5 Å². The van der Waals surface area contributed by atoms with Crippen LogP contribution in [0, 0.1) is 6.92 Å². The molecule has 0 aliphatic rings. The monoisotopic (exact) mass is 200 g/mol. The normalized spacial score (nSPS) is 10.3. The summed E-state index contributed by atoms with van der Waals surface area (Å²) in [5.74, 6) is 0. The zero-order valence-electron chi connectivity index (χ0n) is 8.77. The fourth-order valence-electron chi connectivity index (χ4n) is 1.71. The second-order valence-corrected chi connectivity index (χ2v) is 3.50. The van der Waals surface area contributed by atoms with Gasteiger partial charge >= 0.3 is 0 Å². The molecule has 0 unspecified atom stereocenters. The van der Waals surface area contributed by atoms with Crippen molar-refractivity contribution in [1.29, 1.82) is 0 Å². The first-order valence-corrected chi connectivity index (χ1v) is 4.77. The average molecular weight is 200 g/mol. The van der Waals surface area contributed by atoms with Gasteiger partial charge in [-0.15, -0.1) is 0 Å². The number of aryl methyl sites for hydroxylation is 2. The summed E-state index contributed by atoms with van der Waals surface area (Å²) < 4.78 is 1.73. The zero-order valence-corrected chi connectivity index (χ0v) is 8.77. The van der Waals surface area contributed by atoms with E-state index >= 15 is 0 Å². The van der Waals surface area contributed by atoms with Crippen LogP contribution in [0.4, 0.5) is 0 Å². The molecule has 3 nitrogen and oxygen atoms in total. The molecule has 0 fully saturated rings. The summed E-state index contributed by atoms with van der Waals surface area (Å²) in [5.41, 5.74) is 3.71. The maximum Gasteiger partial charge on any atom is 0.153 e. The van der Waals surface area contributed by atoms with E-state index < -0.39 is 0 Å². The van der Waals surface area contributed by atoms with Crippen molar-refractivity contribution in [2.45, 2.75) is 6.92 Å². The molecule has 2 aromatic rings. The zero-order chi connectivity index (χ0) is 10.8. The number of carbonyl (C=O) groups excluding carboxylic acids is 1. The van der Waals surface area contributed by atoms with Gasteiger partial charge in [0.05, 0.1) is 17.5 Å². The van der Waals surface area contributed by atoms with E-state index in [0.29, 0.717) is 5.56 Å². The fourth-order valence-corrected chi connectivity index (χ4v) is 1.71. The van der Waals surface area contributed by atoms with Crippen molar-refractivity contribution in [3.63, 3.8) is 0 Å². The van der Waals surface area contributed by atoms with Gasteiger partial charge in [0.25, 0.3) is 0 Å². The SMILES string of the molecule is Cc1ccccc1-c1c(C=O)cnn1C. The standard InChI is InChI=1S/C12H12N2O/c1-9-5-3-4-6-11(9)12-10(8-15)7-13-14(12)2/h3-8H,1-2H3. The van der Waals surface area contributed by atoms with E-state index in [0.717, 1.165) is 23.1 Å². The minimum Gasteiger partial charge on any atom is -0.298 e. The molecular formula is C12H12N2O. The lowest BCUT2D eigenvalue weighted by Crippen LogP contribution is -1.96. The fraction of sp³-hybridized carbons (Fsp3) is 0.167. The first kappa shape index (κ1) is 9.65. The predicted molar refractivity (Wildman–Crippen MR) is 58.8 cm³/mol. The van der Waals surface area contributed by atoms with Crippen LogP contribution >= 0.6 is 0 Å². The smallest absolute Gasteiger partial charge is 0.153 e. The van der Waals surface area contributed by atoms with E-state index in [4.69, 9.17) is 0 Å². The van der Waals surface area contributed by atoms with E-state index in [9.17, 15) is 4.79 Å². The van der Waals surface area contributed by atoms with Gasteiger partial charge in [0, 0.05) is 12.6 Å². The van der Waals surface area contributed by atoms with Crippen molar-refractivity contribution in [2.24, 2.45) is 7.05 Å². The number of hydrogen-bond donors (Lipinski definition) is 0. The van der Waals surface area contributed by atoms with E-state index in [1.165, 1.54) is 0 Å². The number of aldehydes is 1. The average Bonchev–Trinajstić information content (AvgIpc) is 2.60. The van der Waals surface area contributed by atoms with Crippen molar-refractivity contribution in [1.82, 2.24) is 9.78 Å². The van der Waals surface area contributed by atoms with Gasteiger partial charge < -0.3 is 0 Å². The van der Waals surface area contributed by atoms with Gasteiger partial charge in [-0.1, -0.05) is 24.3 Å². The van der Waals surface area contributed by atoms with Crippen LogP contribution in [0.1, 0.15) is 15.9 Å². The highest BCUT2D eigenvalue weighted by molar-refractivity contribution is 5.86. The van der Waals surface area contributed by atoms with Crippen LogP contribution in [-0.2, 0) is 7.05 Å². The molecule has 0 atom stereocenters. The van der Waals surface area contributed by atoms with E-state index in [2.05, 4.69) is 5.10 Å². The Morgan fingerprint density at radius 2 is 2.07 bits per heavy atom. The van der Waals surface area contributed by atoms with Crippen molar-refractivity contribution < 1.29 is 4.79 Å². The summed E-state index contributed by atoms with van der Waals surface area (Å²) in [7, 11) is 1.84. The third kappa shape index (κ3) is 1.56. The molecule has 76 valence electrons. The van der Waals surface area contributed by atoms with Crippen LogP contribution in [0.25, 0.3) is 11.3 Å². The van der Waals surface area contributed by atoms with Crippen LogP contribution in [0.5, 0.6) is 0 Å². The number of benzene rings is 1. The Balaban J connectivity index is 2.68. The first-order valence-electron chi connectivity index (χ1n) is 4.77. The maximum atomic E-state index is 10.9. The van der Waals surface area contributed by atoms with Crippen molar-refractivity contribution >= 4 is 6.29 Å². The van der Waals surface area contributed by atoms with Gasteiger partial charge in [-0.25, -0.2) is 0 Å². The number of carbonyl (C=O) groups is 1. The Labute approximate surface area is 88.4 Å². The molecule has 1 heterocycles. The van der Waals surface area contributed by atoms with E-state index in [1.807, 2.05) is 38.2 Å². The second-order valence-electron chi connectivity index (χ2n) is 3.50. The summed E-state index contributed by atoms with van der Waals surface area (Å²) in [6.45, 7) is 2.02. The Kier molecular flexibility index (Phi) is 2.37. The minimum atomic E-state index is 0.631. The third-order valence-electron chi connectivity index (χ3n) is 2.49. The molecule has 2 rings (SSSR count). The molecule has 15 heavy (non-hydrogen) atoms. The number of aromatic nitrogens is 2. The lowest BCUT2D eigenvalue weighted by atomic mass is 10.0. The van der Waals surface area contributed by atoms with Crippen molar-refractivity contribution in [3.05, 3.63) is 41.6 Å². The summed E-state index contributed by atoms with van der Waals surface area (Å²) in [4.78, 5) is 10.9. The van der Waals surface area contributed by atoms with Crippen LogP contribution in [-0.4, -0.2) is 16.1 Å². The summed E-state index contributed by atoms with van der Waals surface area (Å²) in [5, 5.41) is 4.09.